The highest BCUT2D eigenvalue weighted by Crippen LogP contribution is 2.26. The molecule has 0 aliphatic heterocycles. The lowest BCUT2D eigenvalue weighted by molar-refractivity contribution is 0.0970. The summed E-state index contributed by atoms with van der Waals surface area (Å²) in [6.07, 6.45) is 1.41. The molecule has 4 nitrogen and oxygen atoms in total. The van der Waals surface area contributed by atoms with Gasteiger partial charge in [-0.1, -0.05) is 23.2 Å². The highest BCUT2D eigenvalue weighted by atomic mass is 35.5. The van der Waals surface area contributed by atoms with Crippen LogP contribution >= 0.6 is 34.5 Å². The smallest absolute Gasteiger partial charge is 0.262 e. The summed E-state index contributed by atoms with van der Waals surface area (Å²) in [4.78, 5) is 31.0. The fourth-order valence-corrected chi connectivity index (χ4v) is 3.58. The average molecular weight is 367 g/mol. The van der Waals surface area contributed by atoms with Crippen molar-refractivity contribution in [3.8, 4) is 0 Å². The Balaban J connectivity index is 1.99. The number of Topliss-reactive ketones (excluding diaryl/α,β-unsaturated/α-hetero) is 1. The standard InChI is InChI=1S/C16H12Cl2N2O2S/c1-8-9(2)23-15-14(8)16(22)20(7-19-15)6-13(21)10-3-4-11(17)12(18)5-10/h3-5,7H,6H2,1-2H3. The zero-order chi connectivity index (χ0) is 16.7. The Labute approximate surface area is 146 Å². The van der Waals surface area contributed by atoms with Crippen molar-refractivity contribution < 1.29 is 4.79 Å². The normalized spacial score (nSPS) is 11.1. The highest BCUT2D eigenvalue weighted by Gasteiger charge is 2.15. The van der Waals surface area contributed by atoms with Crippen molar-refractivity contribution in [2.75, 3.05) is 0 Å². The first-order valence-electron chi connectivity index (χ1n) is 6.82. The van der Waals surface area contributed by atoms with Crippen molar-refractivity contribution in [2.45, 2.75) is 20.4 Å². The van der Waals surface area contributed by atoms with Crippen LogP contribution in [0.15, 0.2) is 29.3 Å². The Hall–Kier alpha value is -1.69. The molecule has 0 aliphatic carbocycles. The Morgan fingerprint density at radius 1 is 1.26 bits per heavy atom. The Morgan fingerprint density at radius 2 is 2.00 bits per heavy atom. The second kappa shape index (κ2) is 6.07. The minimum Gasteiger partial charge on any atom is -0.292 e. The van der Waals surface area contributed by atoms with Gasteiger partial charge in [0.15, 0.2) is 5.78 Å². The van der Waals surface area contributed by atoms with Crippen molar-refractivity contribution in [3.63, 3.8) is 0 Å². The van der Waals surface area contributed by atoms with Crippen LogP contribution in [0.1, 0.15) is 20.8 Å². The number of fused-ring (bicyclic) bond motifs is 1. The van der Waals surface area contributed by atoms with Crippen LogP contribution in [0.5, 0.6) is 0 Å². The lowest BCUT2D eigenvalue weighted by Crippen LogP contribution is -2.24. The fourth-order valence-electron chi connectivity index (χ4n) is 2.30. The van der Waals surface area contributed by atoms with Gasteiger partial charge in [-0.05, 0) is 37.6 Å². The predicted molar refractivity (Wildman–Crippen MR) is 94.1 cm³/mol. The number of ketones is 1. The van der Waals surface area contributed by atoms with Gasteiger partial charge in [0.05, 0.1) is 28.3 Å². The zero-order valence-corrected chi connectivity index (χ0v) is 14.7. The second-order valence-corrected chi connectivity index (χ2v) is 7.21. The van der Waals surface area contributed by atoms with Crippen LogP contribution in [0.2, 0.25) is 10.0 Å². The van der Waals surface area contributed by atoms with Gasteiger partial charge in [0.2, 0.25) is 0 Å². The number of carbonyl (C=O) groups is 1. The van der Waals surface area contributed by atoms with Crippen LogP contribution < -0.4 is 5.56 Å². The second-order valence-electron chi connectivity index (χ2n) is 5.19. The molecule has 0 atom stereocenters. The number of aromatic nitrogens is 2. The molecule has 0 N–H and O–H groups in total. The van der Waals surface area contributed by atoms with Gasteiger partial charge in [0.1, 0.15) is 4.83 Å². The number of nitrogens with zero attached hydrogens (tertiary/aromatic N) is 2. The van der Waals surface area contributed by atoms with Crippen LogP contribution in [0, 0.1) is 13.8 Å². The van der Waals surface area contributed by atoms with E-state index in [2.05, 4.69) is 4.98 Å². The van der Waals surface area contributed by atoms with E-state index in [1.165, 1.54) is 28.3 Å². The van der Waals surface area contributed by atoms with E-state index < -0.39 is 0 Å². The van der Waals surface area contributed by atoms with Gasteiger partial charge in [-0.25, -0.2) is 4.98 Å². The van der Waals surface area contributed by atoms with Gasteiger partial charge in [-0.3, -0.25) is 14.2 Å². The molecule has 23 heavy (non-hydrogen) atoms. The summed E-state index contributed by atoms with van der Waals surface area (Å²) >= 11 is 13.3. The summed E-state index contributed by atoms with van der Waals surface area (Å²) in [7, 11) is 0. The van der Waals surface area contributed by atoms with Crippen molar-refractivity contribution in [3.05, 3.63) is 60.9 Å². The number of halogens is 2. The molecule has 2 aromatic heterocycles. The highest BCUT2D eigenvalue weighted by molar-refractivity contribution is 7.18. The van der Waals surface area contributed by atoms with Crippen LogP contribution in [-0.4, -0.2) is 15.3 Å². The molecule has 0 saturated heterocycles. The topological polar surface area (TPSA) is 52.0 Å². The first-order chi connectivity index (χ1) is 10.9. The number of benzene rings is 1. The number of hydrogen-bond acceptors (Lipinski definition) is 4. The van der Waals surface area contributed by atoms with E-state index in [4.69, 9.17) is 23.2 Å². The molecular formula is C16H12Cl2N2O2S. The molecule has 0 spiro atoms. The lowest BCUT2D eigenvalue weighted by Gasteiger charge is -2.06. The minimum atomic E-state index is -0.226. The van der Waals surface area contributed by atoms with Crippen molar-refractivity contribution in [2.24, 2.45) is 0 Å². The summed E-state index contributed by atoms with van der Waals surface area (Å²) in [5.74, 6) is -0.226. The summed E-state index contributed by atoms with van der Waals surface area (Å²) in [5, 5.41) is 1.27. The molecule has 0 unspecified atom stereocenters. The maximum Gasteiger partial charge on any atom is 0.262 e. The lowest BCUT2D eigenvalue weighted by atomic mass is 10.1. The summed E-state index contributed by atoms with van der Waals surface area (Å²) < 4.78 is 1.33. The first kappa shape index (κ1) is 16.2. The predicted octanol–water partition coefficient (Wildman–Crippen LogP) is 4.26. The monoisotopic (exact) mass is 366 g/mol. The largest absolute Gasteiger partial charge is 0.292 e. The van der Waals surface area contributed by atoms with Gasteiger partial charge >= 0.3 is 0 Å². The Morgan fingerprint density at radius 3 is 2.70 bits per heavy atom. The Kier molecular flexibility index (Phi) is 4.27. The molecule has 0 aliphatic rings. The SMILES string of the molecule is Cc1sc2ncn(CC(=O)c3ccc(Cl)c(Cl)c3)c(=O)c2c1C. The third-order valence-electron chi connectivity index (χ3n) is 3.71. The fraction of sp³-hybridized carbons (Fsp3) is 0.188. The van der Waals surface area contributed by atoms with Crippen LogP contribution in [0.4, 0.5) is 0 Å². The van der Waals surface area contributed by atoms with E-state index in [-0.39, 0.29) is 17.9 Å². The van der Waals surface area contributed by atoms with Crippen molar-refractivity contribution in [1.82, 2.24) is 9.55 Å². The van der Waals surface area contributed by atoms with Crippen LogP contribution in [-0.2, 0) is 6.54 Å². The summed E-state index contributed by atoms with van der Waals surface area (Å²) in [6, 6.07) is 4.66. The zero-order valence-electron chi connectivity index (χ0n) is 12.4. The molecule has 0 amide bonds. The van der Waals surface area contributed by atoms with Crippen LogP contribution in [0.3, 0.4) is 0 Å². The first-order valence-corrected chi connectivity index (χ1v) is 8.39. The maximum absolute atomic E-state index is 12.6. The van der Waals surface area contributed by atoms with Crippen molar-refractivity contribution >= 4 is 50.5 Å². The number of thiophene rings is 1. The van der Waals surface area contributed by atoms with Gasteiger partial charge in [-0.2, -0.15) is 0 Å². The Bertz CT molecular complexity index is 992. The van der Waals surface area contributed by atoms with E-state index >= 15 is 0 Å². The molecule has 2 heterocycles. The molecule has 0 saturated carbocycles. The molecule has 0 bridgehead atoms. The average Bonchev–Trinajstić information content (AvgIpc) is 2.80. The quantitative estimate of drug-likeness (QED) is 0.650. The van der Waals surface area contributed by atoms with E-state index in [1.54, 1.807) is 12.1 Å². The van der Waals surface area contributed by atoms with E-state index in [9.17, 15) is 9.59 Å². The molecule has 0 radical (unpaired) electrons. The van der Waals surface area contributed by atoms with Gasteiger partial charge in [0, 0.05) is 10.4 Å². The van der Waals surface area contributed by atoms with Crippen LogP contribution in [0.25, 0.3) is 10.2 Å². The third kappa shape index (κ3) is 2.92. The van der Waals surface area contributed by atoms with E-state index in [0.29, 0.717) is 25.8 Å². The van der Waals surface area contributed by atoms with Gasteiger partial charge in [-0.15, -0.1) is 11.3 Å². The molecular weight excluding hydrogens is 355 g/mol. The molecule has 3 rings (SSSR count). The number of rotatable bonds is 3. The number of aryl methyl sites for hydroxylation is 2. The molecule has 3 aromatic rings. The minimum absolute atomic E-state index is 0.0892. The molecule has 7 heteroatoms. The van der Waals surface area contributed by atoms with Gasteiger partial charge < -0.3 is 0 Å². The molecule has 0 fully saturated rings. The maximum atomic E-state index is 12.6. The molecule has 1 aromatic carbocycles. The summed E-state index contributed by atoms with van der Waals surface area (Å²) in [5.41, 5.74) is 1.12. The third-order valence-corrected chi connectivity index (χ3v) is 5.57. The number of hydrogen-bond donors (Lipinski definition) is 0. The van der Waals surface area contributed by atoms with Crippen molar-refractivity contribution in [1.29, 1.82) is 0 Å². The van der Waals surface area contributed by atoms with Gasteiger partial charge in [0.25, 0.3) is 5.56 Å². The summed E-state index contributed by atoms with van der Waals surface area (Å²) in [6.45, 7) is 3.75. The molecule has 118 valence electrons. The number of carbonyl (C=O) groups excluding carboxylic acids is 1. The van der Waals surface area contributed by atoms with E-state index in [0.717, 1.165) is 10.4 Å². The van der Waals surface area contributed by atoms with E-state index in [1.807, 2.05) is 13.8 Å².